The van der Waals surface area contributed by atoms with Crippen LogP contribution in [0, 0.1) is 0 Å². The summed E-state index contributed by atoms with van der Waals surface area (Å²) in [5, 5.41) is 5.19. The third-order valence-corrected chi connectivity index (χ3v) is 3.57. The molecule has 0 bridgehead atoms. The summed E-state index contributed by atoms with van der Waals surface area (Å²) >= 11 is 0. The van der Waals surface area contributed by atoms with E-state index in [0.29, 0.717) is 31.6 Å². The topological polar surface area (TPSA) is 55.2 Å². The fourth-order valence-electron chi connectivity index (χ4n) is 2.48. The van der Waals surface area contributed by atoms with Crippen molar-refractivity contribution >= 4 is 22.6 Å². The van der Waals surface area contributed by atoms with E-state index < -0.39 is 0 Å². The molecular weight excluding hydrogens is 242 g/mol. The van der Waals surface area contributed by atoms with Crippen molar-refractivity contribution in [2.24, 2.45) is 7.05 Å². The summed E-state index contributed by atoms with van der Waals surface area (Å²) < 4.78 is 1.72. The number of benzene rings is 1. The van der Waals surface area contributed by atoms with E-state index in [1.807, 2.05) is 31.3 Å². The summed E-state index contributed by atoms with van der Waals surface area (Å²) in [4.78, 5) is 25.4. The summed E-state index contributed by atoms with van der Waals surface area (Å²) in [7, 11) is 1.83. The number of rotatable bonds is 1. The van der Waals surface area contributed by atoms with Crippen LogP contribution < -0.4 is 0 Å². The standard InChI is InChI=1S/C14H15N3O2/c1-16-12-5-3-2-4-11(12)13(15-16)14(19)17-8-6-10(18)7-9-17/h2-5H,6-9H2,1H3. The Balaban J connectivity index is 1.96. The molecule has 0 N–H and O–H groups in total. The van der Waals surface area contributed by atoms with E-state index >= 15 is 0 Å². The van der Waals surface area contributed by atoms with Crippen LogP contribution in [0.25, 0.3) is 10.9 Å². The molecule has 2 aromatic rings. The van der Waals surface area contributed by atoms with Crippen molar-refractivity contribution in [2.75, 3.05) is 13.1 Å². The Morgan fingerprint density at radius 1 is 1.21 bits per heavy atom. The minimum atomic E-state index is -0.0794. The lowest BCUT2D eigenvalue weighted by molar-refractivity contribution is -0.120. The summed E-state index contributed by atoms with van der Waals surface area (Å²) in [5.41, 5.74) is 1.42. The van der Waals surface area contributed by atoms with E-state index in [1.165, 1.54) is 0 Å². The molecule has 0 unspecified atom stereocenters. The van der Waals surface area contributed by atoms with Crippen molar-refractivity contribution in [2.45, 2.75) is 12.8 Å². The van der Waals surface area contributed by atoms with Crippen LogP contribution in [0.2, 0.25) is 0 Å². The number of fused-ring (bicyclic) bond motifs is 1. The van der Waals surface area contributed by atoms with Gasteiger partial charge >= 0.3 is 0 Å². The molecule has 1 aliphatic rings. The lowest BCUT2D eigenvalue weighted by Crippen LogP contribution is -2.38. The van der Waals surface area contributed by atoms with Gasteiger partial charge in [-0.15, -0.1) is 0 Å². The minimum Gasteiger partial charge on any atom is -0.336 e. The SMILES string of the molecule is Cn1nc(C(=O)N2CCC(=O)CC2)c2ccccc21. The van der Waals surface area contributed by atoms with Gasteiger partial charge in [-0.2, -0.15) is 5.10 Å². The number of hydrogen-bond acceptors (Lipinski definition) is 3. The minimum absolute atomic E-state index is 0.0794. The molecule has 1 saturated heterocycles. The van der Waals surface area contributed by atoms with Gasteiger partial charge in [0.05, 0.1) is 5.52 Å². The van der Waals surface area contributed by atoms with Gasteiger partial charge in [-0.25, -0.2) is 0 Å². The molecule has 1 aliphatic heterocycles. The van der Waals surface area contributed by atoms with Gasteiger partial charge in [-0.05, 0) is 6.07 Å². The predicted octanol–water partition coefficient (Wildman–Crippen LogP) is 1.38. The molecule has 0 radical (unpaired) electrons. The molecule has 1 aromatic carbocycles. The smallest absolute Gasteiger partial charge is 0.275 e. The second-order valence-corrected chi connectivity index (χ2v) is 4.82. The molecule has 0 saturated carbocycles. The maximum absolute atomic E-state index is 12.5. The van der Waals surface area contributed by atoms with Crippen LogP contribution in [0.4, 0.5) is 0 Å². The van der Waals surface area contributed by atoms with E-state index in [-0.39, 0.29) is 11.7 Å². The summed E-state index contributed by atoms with van der Waals surface area (Å²) in [5.74, 6) is 0.152. The number of hydrogen-bond donors (Lipinski definition) is 0. The highest BCUT2D eigenvalue weighted by atomic mass is 16.2. The fraction of sp³-hybridized carbons (Fsp3) is 0.357. The number of piperidine rings is 1. The van der Waals surface area contributed by atoms with Crippen LogP contribution in [-0.4, -0.2) is 39.5 Å². The van der Waals surface area contributed by atoms with E-state index in [9.17, 15) is 9.59 Å². The van der Waals surface area contributed by atoms with Gasteiger partial charge < -0.3 is 4.90 Å². The molecular formula is C14H15N3O2. The molecule has 0 atom stereocenters. The Hall–Kier alpha value is -2.17. The Morgan fingerprint density at radius 2 is 1.89 bits per heavy atom. The molecule has 5 nitrogen and oxygen atoms in total. The monoisotopic (exact) mass is 257 g/mol. The van der Waals surface area contributed by atoms with Gasteiger partial charge in [-0.3, -0.25) is 14.3 Å². The molecule has 2 heterocycles. The van der Waals surface area contributed by atoms with Gasteiger partial charge in [0.15, 0.2) is 5.69 Å². The van der Waals surface area contributed by atoms with Crippen molar-refractivity contribution in [3.63, 3.8) is 0 Å². The van der Waals surface area contributed by atoms with E-state index in [2.05, 4.69) is 5.10 Å². The van der Waals surface area contributed by atoms with Gasteiger partial charge in [0.1, 0.15) is 5.78 Å². The molecule has 1 fully saturated rings. The van der Waals surface area contributed by atoms with Crippen LogP contribution in [-0.2, 0) is 11.8 Å². The Morgan fingerprint density at radius 3 is 2.63 bits per heavy atom. The van der Waals surface area contributed by atoms with Gasteiger partial charge in [-0.1, -0.05) is 18.2 Å². The number of Topliss-reactive ketones (excluding diaryl/α,β-unsaturated/α-hetero) is 1. The quantitative estimate of drug-likeness (QED) is 0.775. The van der Waals surface area contributed by atoms with Crippen LogP contribution in [0.15, 0.2) is 24.3 Å². The molecule has 1 aromatic heterocycles. The maximum atomic E-state index is 12.5. The Bertz CT molecular complexity index is 650. The van der Waals surface area contributed by atoms with Crippen LogP contribution in [0.5, 0.6) is 0 Å². The van der Waals surface area contributed by atoms with E-state index in [4.69, 9.17) is 0 Å². The lowest BCUT2D eigenvalue weighted by Gasteiger charge is -2.25. The van der Waals surface area contributed by atoms with Gasteiger partial charge in [0, 0.05) is 38.4 Å². The van der Waals surface area contributed by atoms with Gasteiger partial charge in [0.25, 0.3) is 5.91 Å². The molecule has 0 spiro atoms. The number of ketones is 1. The average Bonchev–Trinajstić information content (AvgIpc) is 2.77. The third kappa shape index (κ3) is 2.01. The van der Waals surface area contributed by atoms with E-state index in [0.717, 1.165) is 10.9 Å². The molecule has 3 rings (SSSR count). The maximum Gasteiger partial charge on any atom is 0.275 e. The Kier molecular flexibility index (Phi) is 2.81. The molecule has 0 aliphatic carbocycles. The van der Waals surface area contributed by atoms with Crippen LogP contribution in [0.3, 0.4) is 0 Å². The highest BCUT2D eigenvalue weighted by Gasteiger charge is 2.25. The second kappa shape index (κ2) is 4.50. The van der Waals surface area contributed by atoms with Crippen molar-refractivity contribution in [3.8, 4) is 0 Å². The number of carbonyl (C=O) groups excluding carboxylic acids is 2. The molecule has 1 amide bonds. The zero-order valence-corrected chi connectivity index (χ0v) is 10.8. The van der Waals surface area contributed by atoms with Crippen LogP contribution in [0.1, 0.15) is 23.3 Å². The first-order chi connectivity index (χ1) is 9.16. The number of amides is 1. The van der Waals surface area contributed by atoms with Crippen LogP contribution >= 0.6 is 0 Å². The summed E-state index contributed by atoms with van der Waals surface area (Å²) in [6, 6.07) is 7.68. The first-order valence-electron chi connectivity index (χ1n) is 6.39. The number of nitrogens with zero attached hydrogens (tertiary/aromatic N) is 3. The zero-order valence-electron chi connectivity index (χ0n) is 10.8. The second-order valence-electron chi connectivity index (χ2n) is 4.82. The first kappa shape index (κ1) is 11.9. The molecule has 5 heteroatoms. The number of carbonyl (C=O) groups is 2. The van der Waals surface area contributed by atoms with E-state index in [1.54, 1.807) is 9.58 Å². The van der Waals surface area contributed by atoms with Crippen molar-refractivity contribution in [1.82, 2.24) is 14.7 Å². The predicted molar refractivity (Wildman–Crippen MR) is 70.9 cm³/mol. The fourth-order valence-corrected chi connectivity index (χ4v) is 2.48. The largest absolute Gasteiger partial charge is 0.336 e. The molecule has 19 heavy (non-hydrogen) atoms. The molecule has 98 valence electrons. The number of para-hydroxylation sites is 1. The number of aryl methyl sites for hydroxylation is 1. The highest BCUT2D eigenvalue weighted by Crippen LogP contribution is 2.20. The Labute approximate surface area is 110 Å². The first-order valence-corrected chi connectivity index (χ1v) is 6.39. The highest BCUT2D eigenvalue weighted by molar-refractivity contribution is 6.05. The normalized spacial score (nSPS) is 16.1. The van der Waals surface area contributed by atoms with Crippen molar-refractivity contribution in [3.05, 3.63) is 30.0 Å². The zero-order chi connectivity index (χ0) is 13.4. The van der Waals surface area contributed by atoms with Crippen molar-refractivity contribution in [1.29, 1.82) is 0 Å². The number of aromatic nitrogens is 2. The summed E-state index contributed by atoms with van der Waals surface area (Å²) in [6.07, 6.45) is 0.910. The van der Waals surface area contributed by atoms with Gasteiger partial charge in [0.2, 0.25) is 0 Å². The number of likely N-dealkylation sites (tertiary alicyclic amines) is 1. The van der Waals surface area contributed by atoms with Crippen molar-refractivity contribution < 1.29 is 9.59 Å². The lowest BCUT2D eigenvalue weighted by atomic mass is 10.1. The third-order valence-electron chi connectivity index (χ3n) is 3.57. The summed E-state index contributed by atoms with van der Waals surface area (Å²) in [6.45, 7) is 1.01. The average molecular weight is 257 g/mol.